The highest BCUT2D eigenvalue weighted by atomic mass is 127. The van der Waals surface area contributed by atoms with Gasteiger partial charge in [-0.3, -0.25) is 0 Å². The Bertz CT molecular complexity index is 777. The molecule has 0 N–H and O–H groups in total. The number of methoxy groups -OCH3 is 1. The van der Waals surface area contributed by atoms with Gasteiger partial charge in [0, 0.05) is 0 Å². The Balaban J connectivity index is 2.18. The lowest BCUT2D eigenvalue weighted by molar-refractivity contribution is 0.412. The second-order valence-electron chi connectivity index (χ2n) is 5.27. The van der Waals surface area contributed by atoms with Crippen LogP contribution in [0.5, 0.6) is 5.75 Å². The van der Waals surface area contributed by atoms with Crippen LogP contribution in [0.4, 0.5) is 0 Å². The Hall–Kier alpha value is -1.81. The van der Waals surface area contributed by atoms with Crippen LogP contribution in [0.3, 0.4) is 0 Å². The topological polar surface area (TPSA) is 9.23 Å². The maximum Gasteiger partial charge on any atom is 0.133 e. The van der Waals surface area contributed by atoms with E-state index in [1.54, 1.807) is 7.11 Å². The van der Waals surface area contributed by atoms with E-state index in [0.717, 1.165) is 9.32 Å². The van der Waals surface area contributed by atoms with Crippen molar-refractivity contribution in [1.29, 1.82) is 0 Å². The normalized spacial score (nSPS) is 10.5. The standard InChI is InChI=1S/C20H17IO/c1-14-8-10-15(11-9-14)17-12-18(16-6-4-3-5-7-16)20(21)19(13-17)22-2/h3-13H,1-2H3. The van der Waals surface area contributed by atoms with Gasteiger partial charge in [0.2, 0.25) is 0 Å². The first-order valence-electron chi connectivity index (χ1n) is 7.19. The van der Waals surface area contributed by atoms with Crippen molar-refractivity contribution in [2.24, 2.45) is 0 Å². The highest BCUT2D eigenvalue weighted by Crippen LogP contribution is 2.37. The molecule has 3 aromatic rings. The number of benzene rings is 3. The Morgan fingerprint density at radius 3 is 2.09 bits per heavy atom. The number of hydrogen-bond donors (Lipinski definition) is 0. The van der Waals surface area contributed by atoms with Gasteiger partial charge in [0.25, 0.3) is 0 Å². The molecule has 0 fully saturated rings. The fourth-order valence-electron chi connectivity index (χ4n) is 2.49. The van der Waals surface area contributed by atoms with Crippen LogP contribution in [0.1, 0.15) is 5.56 Å². The van der Waals surface area contributed by atoms with Gasteiger partial charge in [0.05, 0.1) is 10.7 Å². The van der Waals surface area contributed by atoms with Gasteiger partial charge in [-0.2, -0.15) is 0 Å². The van der Waals surface area contributed by atoms with Crippen molar-refractivity contribution < 1.29 is 4.74 Å². The minimum absolute atomic E-state index is 0.914. The molecular formula is C20H17IO. The van der Waals surface area contributed by atoms with Crippen molar-refractivity contribution >= 4 is 22.6 Å². The minimum atomic E-state index is 0.914. The van der Waals surface area contributed by atoms with Crippen LogP contribution in [-0.4, -0.2) is 7.11 Å². The molecule has 0 heterocycles. The molecule has 0 radical (unpaired) electrons. The third-order valence-electron chi connectivity index (χ3n) is 3.73. The summed E-state index contributed by atoms with van der Waals surface area (Å²) in [5.41, 5.74) is 6.06. The highest BCUT2D eigenvalue weighted by molar-refractivity contribution is 14.1. The van der Waals surface area contributed by atoms with E-state index in [1.807, 2.05) is 6.07 Å². The van der Waals surface area contributed by atoms with Gasteiger partial charge in [-0.1, -0.05) is 60.2 Å². The molecule has 0 aliphatic rings. The van der Waals surface area contributed by atoms with E-state index in [-0.39, 0.29) is 0 Å². The van der Waals surface area contributed by atoms with E-state index in [2.05, 4.69) is 90.2 Å². The zero-order chi connectivity index (χ0) is 15.5. The molecule has 0 unspecified atom stereocenters. The van der Waals surface area contributed by atoms with Gasteiger partial charge in [-0.25, -0.2) is 0 Å². The molecule has 0 saturated carbocycles. The van der Waals surface area contributed by atoms with E-state index in [1.165, 1.54) is 27.8 Å². The molecule has 0 saturated heterocycles. The monoisotopic (exact) mass is 400 g/mol. The van der Waals surface area contributed by atoms with Gasteiger partial charge in [-0.05, 0) is 63.9 Å². The summed E-state index contributed by atoms with van der Waals surface area (Å²) in [6.45, 7) is 2.10. The zero-order valence-electron chi connectivity index (χ0n) is 12.6. The van der Waals surface area contributed by atoms with Crippen molar-refractivity contribution in [1.82, 2.24) is 0 Å². The summed E-state index contributed by atoms with van der Waals surface area (Å²) in [6.07, 6.45) is 0. The van der Waals surface area contributed by atoms with Crippen LogP contribution in [0, 0.1) is 10.5 Å². The van der Waals surface area contributed by atoms with Gasteiger partial charge >= 0.3 is 0 Å². The summed E-state index contributed by atoms with van der Waals surface area (Å²) >= 11 is 2.36. The maximum atomic E-state index is 5.59. The van der Waals surface area contributed by atoms with E-state index < -0.39 is 0 Å². The van der Waals surface area contributed by atoms with Crippen LogP contribution < -0.4 is 4.74 Å². The first-order valence-corrected chi connectivity index (χ1v) is 8.27. The molecule has 0 aromatic heterocycles. The molecule has 0 spiro atoms. The molecule has 0 amide bonds. The number of rotatable bonds is 3. The summed E-state index contributed by atoms with van der Waals surface area (Å²) in [4.78, 5) is 0. The van der Waals surface area contributed by atoms with E-state index in [9.17, 15) is 0 Å². The highest BCUT2D eigenvalue weighted by Gasteiger charge is 2.12. The molecule has 2 heteroatoms. The van der Waals surface area contributed by atoms with E-state index in [0.29, 0.717) is 0 Å². The van der Waals surface area contributed by atoms with Gasteiger partial charge in [0.1, 0.15) is 5.75 Å². The van der Waals surface area contributed by atoms with Crippen molar-refractivity contribution in [2.75, 3.05) is 7.11 Å². The fourth-order valence-corrected chi connectivity index (χ4v) is 3.33. The second kappa shape index (κ2) is 6.53. The van der Waals surface area contributed by atoms with Gasteiger partial charge < -0.3 is 4.74 Å². The van der Waals surface area contributed by atoms with Crippen molar-refractivity contribution in [3.8, 4) is 28.0 Å². The summed E-state index contributed by atoms with van der Waals surface area (Å²) in [7, 11) is 1.73. The quantitative estimate of drug-likeness (QED) is 0.495. The molecule has 110 valence electrons. The molecular weight excluding hydrogens is 383 g/mol. The number of halogens is 1. The fraction of sp³-hybridized carbons (Fsp3) is 0.100. The Morgan fingerprint density at radius 1 is 0.773 bits per heavy atom. The third-order valence-corrected chi connectivity index (χ3v) is 4.84. The summed E-state index contributed by atoms with van der Waals surface area (Å²) in [5.74, 6) is 0.914. The summed E-state index contributed by atoms with van der Waals surface area (Å²) < 4.78 is 6.73. The first-order chi connectivity index (χ1) is 10.7. The lowest BCUT2D eigenvalue weighted by atomic mass is 9.98. The van der Waals surface area contributed by atoms with Gasteiger partial charge in [0.15, 0.2) is 0 Å². The van der Waals surface area contributed by atoms with Crippen molar-refractivity contribution in [3.63, 3.8) is 0 Å². The average Bonchev–Trinajstić information content (AvgIpc) is 2.57. The molecule has 1 nitrogen and oxygen atoms in total. The minimum Gasteiger partial charge on any atom is -0.496 e. The van der Waals surface area contributed by atoms with Crippen LogP contribution in [0.15, 0.2) is 66.7 Å². The van der Waals surface area contributed by atoms with Crippen molar-refractivity contribution in [2.45, 2.75) is 6.92 Å². The Kier molecular flexibility index (Phi) is 4.48. The Morgan fingerprint density at radius 2 is 1.45 bits per heavy atom. The lowest BCUT2D eigenvalue weighted by Crippen LogP contribution is -1.92. The van der Waals surface area contributed by atoms with Crippen LogP contribution in [0.25, 0.3) is 22.3 Å². The van der Waals surface area contributed by atoms with Crippen LogP contribution >= 0.6 is 22.6 Å². The molecule has 0 bridgehead atoms. The molecule has 22 heavy (non-hydrogen) atoms. The first kappa shape index (κ1) is 15.1. The SMILES string of the molecule is COc1cc(-c2ccc(C)cc2)cc(-c2ccccc2)c1I. The number of aryl methyl sites for hydroxylation is 1. The summed E-state index contributed by atoms with van der Waals surface area (Å²) in [5, 5.41) is 0. The predicted octanol–water partition coefficient (Wildman–Crippen LogP) is 5.94. The molecule has 0 aliphatic heterocycles. The third kappa shape index (κ3) is 3.02. The predicted molar refractivity (Wildman–Crippen MR) is 101 cm³/mol. The second-order valence-corrected chi connectivity index (χ2v) is 6.35. The Labute approximate surface area is 145 Å². The van der Waals surface area contributed by atoms with Crippen molar-refractivity contribution in [3.05, 3.63) is 75.9 Å². The lowest BCUT2D eigenvalue weighted by Gasteiger charge is -2.13. The van der Waals surface area contributed by atoms with Gasteiger partial charge in [-0.15, -0.1) is 0 Å². The van der Waals surface area contributed by atoms with E-state index in [4.69, 9.17) is 4.74 Å². The number of hydrogen-bond acceptors (Lipinski definition) is 1. The average molecular weight is 400 g/mol. The smallest absolute Gasteiger partial charge is 0.133 e. The molecule has 3 aromatic carbocycles. The number of ether oxygens (including phenoxy) is 1. The maximum absolute atomic E-state index is 5.59. The largest absolute Gasteiger partial charge is 0.496 e. The summed E-state index contributed by atoms with van der Waals surface area (Å²) in [6, 6.07) is 23.4. The van der Waals surface area contributed by atoms with E-state index >= 15 is 0 Å². The van der Waals surface area contributed by atoms with Crippen LogP contribution in [-0.2, 0) is 0 Å². The molecule has 0 aliphatic carbocycles. The molecule has 3 rings (SSSR count). The molecule has 0 atom stereocenters. The zero-order valence-corrected chi connectivity index (χ0v) is 14.8. The van der Waals surface area contributed by atoms with Crippen LogP contribution in [0.2, 0.25) is 0 Å².